The van der Waals surface area contributed by atoms with Gasteiger partial charge in [0.2, 0.25) is 11.8 Å². The van der Waals surface area contributed by atoms with Crippen LogP contribution in [0.15, 0.2) is 59.1 Å². The van der Waals surface area contributed by atoms with Gasteiger partial charge in [0.15, 0.2) is 0 Å². The van der Waals surface area contributed by atoms with Crippen LogP contribution in [0, 0.1) is 6.92 Å². The average molecular weight is 455 g/mol. The van der Waals surface area contributed by atoms with Crippen molar-refractivity contribution in [3.8, 4) is 0 Å². The van der Waals surface area contributed by atoms with Crippen LogP contribution < -0.4 is 5.32 Å². The fraction of sp³-hybridized carbons (Fsp3) is 0.200. The van der Waals surface area contributed by atoms with E-state index in [1.54, 1.807) is 25.1 Å². The molecule has 28 heavy (non-hydrogen) atoms. The zero-order valence-electron chi connectivity index (χ0n) is 15.2. The zero-order chi connectivity index (χ0) is 20.9. The lowest BCUT2D eigenvalue weighted by Gasteiger charge is -2.18. The molecule has 4 nitrogen and oxygen atoms in total. The van der Waals surface area contributed by atoms with Gasteiger partial charge in [-0.2, -0.15) is 13.2 Å². The monoisotopic (exact) mass is 454 g/mol. The quantitative estimate of drug-likeness (QED) is 0.659. The van der Waals surface area contributed by atoms with E-state index in [2.05, 4.69) is 21.2 Å². The summed E-state index contributed by atoms with van der Waals surface area (Å²) >= 11 is 3.32. The summed E-state index contributed by atoms with van der Waals surface area (Å²) in [7, 11) is 1.27. The maximum Gasteiger partial charge on any atom is 0.417 e. The molecule has 0 saturated heterocycles. The zero-order valence-corrected chi connectivity index (χ0v) is 16.8. The lowest BCUT2D eigenvalue weighted by atomic mass is 10.0. The molecule has 0 fully saturated rings. The van der Waals surface area contributed by atoms with Crippen LogP contribution in [0.1, 0.15) is 11.1 Å². The highest BCUT2D eigenvalue weighted by molar-refractivity contribution is 9.10. The summed E-state index contributed by atoms with van der Waals surface area (Å²) in [5, 5.41) is 2.64. The van der Waals surface area contributed by atoms with Gasteiger partial charge in [-0.3, -0.25) is 9.59 Å². The molecule has 148 valence electrons. The molecular formula is C20H18BrF3N2O2. The number of likely N-dealkylation sites (N-methyl/N-ethyl adjacent to an activating group) is 1. The Morgan fingerprint density at radius 2 is 1.79 bits per heavy atom. The van der Waals surface area contributed by atoms with Crippen LogP contribution in [0.3, 0.4) is 0 Å². The second kappa shape index (κ2) is 9.05. The number of anilines is 1. The SMILES string of the molecule is Cc1cc(Br)ccc1NC(=O)CN(C)C(=O)/C=C(/c1ccccc1)C(F)(F)F. The predicted molar refractivity (Wildman–Crippen MR) is 106 cm³/mol. The number of carbonyl (C=O) groups excluding carboxylic acids is 2. The third-order valence-electron chi connectivity index (χ3n) is 3.88. The molecule has 0 spiro atoms. The molecule has 2 rings (SSSR count). The van der Waals surface area contributed by atoms with Crippen molar-refractivity contribution >= 4 is 39.0 Å². The van der Waals surface area contributed by atoms with E-state index in [1.807, 2.05) is 6.07 Å². The van der Waals surface area contributed by atoms with Crippen LogP contribution in [0.25, 0.3) is 5.57 Å². The van der Waals surface area contributed by atoms with Crippen LogP contribution in [0.5, 0.6) is 0 Å². The van der Waals surface area contributed by atoms with Crippen molar-refractivity contribution in [1.29, 1.82) is 0 Å². The van der Waals surface area contributed by atoms with Crippen molar-refractivity contribution in [2.24, 2.45) is 0 Å². The van der Waals surface area contributed by atoms with Crippen LogP contribution in [-0.4, -0.2) is 36.5 Å². The Labute approximate surface area is 169 Å². The van der Waals surface area contributed by atoms with Crippen molar-refractivity contribution in [3.05, 3.63) is 70.2 Å². The molecule has 8 heteroatoms. The molecule has 1 N–H and O–H groups in total. The van der Waals surface area contributed by atoms with E-state index in [4.69, 9.17) is 0 Å². The van der Waals surface area contributed by atoms with Gasteiger partial charge in [-0.1, -0.05) is 46.3 Å². The maximum atomic E-state index is 13.3. The maximum absolute atomic E-state index is 13.3. The van der Waals surface area contributed by atoms with Crippen molar-refractivity contribution in [1.82, 2.24) is 4.90 Å². The fourth-order valence-corrected chi connectivity index (χ4v) is 2.91. The topological polar surface area (TPSA) is 49.4 Å². The molecule has 2 amide bonds. The van der Waals surface area contributed by atoms with Crippen LogP contribution in [-0.2, 0) is 9.59 Å². The predicted octanol–water partition coefficient (Wildman–Crippen LogP) is 4.80. The molecule has 2 aromatic carbocycles. The fourth-order valence-electron chi connectivity index (χ4n) is 2.43. The number of nitrogens with one attached hydrogen (secondary N) is 1. The number of benzene rings is 2. The largest absolute Gasteiger partial charge is 0.417 e. The Balaban J connectivity index is 2.11. The molecule has 0 aliphatic rings. The summed E-state index contributed by atoms with van der Waals surface area (Å²) in [6, 6.07) is 12.3. The molecule has 0 unspecified atom stereocenters. The van der Waals surface area contributed by atoms with Gasteiger partial charge >= 0.3 is 6.18 Å². The van der Waals surface area contributed by atoms with Gasteiger partial charge in [-0.25, -0.2) is 0 Å². The molecule has 0 bridgehead atoms. The number of aryl methyl sites for hydroxylation is 1. The second-order valence-electron chi connectivity index (χ2n) is 6.12. The van der Waals surface area contributed by atoms with Crippen LogP contribution in [0.4, 0.5) is 18.9 Å². The summed E-state index contributed by atoms with van der Waals surface area (Å²) in [5.74, 6) is -1.43. The summed E-state index contributed by atoms with van der Waals surface area (Å²) in [6.45, 7) is 1.41. The summed E-state index contributed by atoms with van der Waals surface area (Å²) < 4.78 is 40.9. The van der Waals surface area contributed by atoms with Crippen molar-refractivity contribution < 1.29 is 22.8 Å². The molecule has 0 heterocycles. The third kappa shape index (κ3) is 5.95. The minimum atomic E-state index is -4.70. The van der Waals surface area contributed by atoms with Crippen LogP contribution >= 0.6 is 15.9 Å². The highest BCUT2D eigenvalue weighted by Gasteiger charge is 2.35. The highest BCUT2D eigenvalue weighted by Crippen LogP contribution is 2.33. The molecule has 0 aromatic heterocycles. The molecule has 0 radical (unpaired) electrons. The number of rotatable bonds is 5. The summed E-state index contributed by atoms with van der Waals surface area (Å²) in [4.78, 5) is 25.3. The average Bonchev–Trinajstić information content (AvgIpc) is 2.61. The van der Waals surface area contributed by atoms with Gasteiger partial charge in [-0.05, 0) is 36.2 Å². The Morgan fingerprint density at radius 1 is 1.14 bits per heavy atom. The van der Waals surface area contributed by atoms with Gasteiger partial charge < -0.3 is 10.2 Å². The Morgan fingerprint density at radius 3 is 2.36 bits per heavy atom. The van der Waals surface area contributed by atoms with E-state index >= 15 is 0 Å². The number of hydrogen-bond donors (Lipinski definition) is 1. The van der Waals surface area contributed by atoms with Gasteiger partial charge in [0.05, 0.1) is 12.1 Å². The number of allylic oxidation sites excluding steroid dienone is 1. The number of carbonyl (C=O) groups is 2. The highest BCUT2D eigenvalue weighted by atomic mass is 79.9. The Hall–Kier alpha value is -2.61. The third-order valence-corrected chi connectivity index (χ3v) is 4.37. The Kier molecular flexibility index (Phi) is 7.01. The van der Waals surface area contributed by atoms with Gasteiger partial charge in [0.25, 0.3) is 0 Å². The first-order valence-electron chi connectivity index (χ1n) is 8.23. The lowest BCUT2D eigenvalue weighted by Crippen LogP contribution is -2.34. The lowest BCUT2D eigenvalue weighted by molar-refractivity contribution is -0.129. The number of nitrogens with zero attached hydrogens (tertiary/aromatic N) is 1. The Bertz CT molecular complexity index is 896. The first kappa shape index (κ1) is 21.7. The van der Waals surface area contributed by atoms with Gasteiger partial charge in [-0.15, -0.1) is 0 Å². The molecule has 2 aromatic rings. The molecule has 0 atom stereocenters. The van der Waals surface area contributed by atoms with Crippen molar-refractivity contribution in [2.75, 3.05) is 18.9 Å². The minimum absolute atomic E-state index is 0.119. The second-order valence-corrected chi connectivity index (χ2v) is 7.04. The molecule has 0 aliphatic carbocycles. The summed E-state index contributed by atoms with van der Waals surface area (Å²) in [6.07, 6.45) is -4.19. The van der Waals surface area contributed by atoms with Gasteiger partial charge in [0, 0.05) is 23.3 Å². The standard InChI is InChI=1S/C20H18BrF3N2O2/c1-13-10-15(21)8-9-17(13)25-18(27)12-26(2)19(28)11-16(20(22,23)24)14-6-4-3-5-7-14/h3-11H,12H2,1-2H3,(H,25,27)/b16-11-. The van der Waals surface area contributed by atoms with E-state index in [9.17, 15) is 22.8 Å². The van der Waals surface area contributed by atoms with E-state index in [1.165, 1.54) is 31.3 Å². The van der Waals surface area contributed by atoms with E-state index < -0.39 is 23.6 Å². The molecule has 0 aliphatic heterocycles. The first-order chi connectivity index (χ1) is 13.1. The van der Waals surface area contributed by atoms with E-state index in [-0.39, 0.29) is 12.1 Å². The number of amides is 2. The normalized spacial score (nSPS) is 11.9. The number of halogens is 4. The number of hydrogen-bond acceptors (Lipinski definition) is 2. The summed E-state index contributed by atoms with van der Waals surface area (Å²) in [5.41, 5.74) is 0.186. The van der Waals surface area contributed by atoms with Gasteiger partial charge in [0.1, 0.15) is 0 Å². The molecule has 0 saturated carbocycles. The van der Waals surface area contributed by atoms with Crippen molar-refractivity contribution in [2.45, 2.75) is 13.1 Å². The van der Waals surface area contributed by atoms with Crippen LogP contribution in [0.2, 0.25) is 0 Å². The molecular weight excluding hydrogens is 437 g/mol. The van der Waals surface area contributed by atoms with E-state index in [0.717, 1.165) is 14.9 Å². The minimum Gasteiger partial charge on any atom is -0.333 e. The van der Waals surface area contributed by atoms with E-state index in [0.29, 0.717) is 11.8 Å². The first-order valence-corrected chi connectivity index (χ1v) is 9.02. The number of alkyl halides is 3. The van der Waals surface area contributed by atoms with Crippen molar-refractivity contribution in [3.63, 3.8) is 0 Å². The smallest absolute Gasteiger partial charge is 0.333 e.